The molecule has 2 rings (SSSR count). The Bertz CT molecular complexity index is 697. The standard InChI is InChI=1S/C20H26N2O4/c1-20(24,12-15-4-8-17(25-2)9-5-15)14-22-19(23)21-13-16-6-10-18(26-3)11-7-16/h4-11,24H,12-14H2,1-3H3,(H2,21,22,23). The molecule has 1 unspecified atom stereocenters. The molecule has 0 aliphatic heterocycles. The Morgan fingerprint density at radius 2 is 1.42 bits per heavy atom. The summed E-state index contributed by atoms with van der Waals surface area (Å²) in [6, 6.07) is 14.6. The van der Waals surface area contributed by atoms with E-state index in [1.54, 1.807) is 21.1 Å². The van der Waals surface area contributed by atoms with Crippen molar-refractivity contribution in [2.24, 2.45) is 0 Å². The fourth-order valence-electron chi connectivity index (χ4n) is 2.50. The van der Waals surface area contributed by atoms with E-state index in [1.807, 2.05) is 48.5 Å². The number of rotatable bonds is 8. The van der Waals surface area contributed by atoms with E-state index in [2.05, 4.69) is 10.6 Å². The van der Waals surface area contributed by atoms with Crippen LogP contribution in [-0.4, -0.2) is 37.5 Å². The number of hydrogen-bond donors (Lipinski definition) is 3. The Hall–Kier alpha value is -2.73. The molecule has 0 saturated carbocycles. The van der Waals surface area contributed by atoms with Gasteiger partial charge >= 0.3 is 6.03 Å². The van der Waals surface area contributed by atoms with Gasteiger partial charge in [0.1, 0.15) is 11.5 Å². The van der Waals surface area contributed by atoms with Crippen LogP contribution < -0.4 is 20.1 Å². The van der Waals surface area contributed by atoms with Crippen molar-refractivity contribution in [3.63, 3.8) is 0 Å². The molecule has 0 bridgehead atoms. The van der Waals surface area contributed by atoms with E-state index in [0.29, 0.717) is 13.0 Å². The first-order chi connectivity index (χ1) is 12.4. The first kappa shape index (κ1) is 19.6. The maximum absolute atomic E-state index is 11.9. The summed E-state index contributed by atoms with van der Waals surface area (Å²) in [5, 5.41) is 16.0. The molecule has 2 aromatic rings. The van der Waals surface area contributed by atoms with Crippen LogP contribution in [0.5, 0.6) is 11.5 Å². The molecule has 26 heavy (non-hydrogen) atoms. The summed E-state index contributed by atoms with van der Waals surface area (Å²) < 4.78 is 10.2. The van der Waals surface area contributed by atoms with Crippen molar-refractivity contribution in [3.8, 4) is 11.5 Å². The lowest BCUT2D eigenvalue weighted by Crippen LogP contribution is -2.45. The van der Waals surface area contributed by atoms with E-state index in [4.69, 9.17) is 9.47 Å². The second-order valence-corrected chi connectivity index (χ2v) is 6.41. The van der Waals surface area contributed by atoms with Crippen LogP contribution in [0.15, 0.2) is 48.5 Å². The van der Waals surface area contributed by atoms with E-state index in [1.165, 1.54) is 0 Å². The van der Waals surface area contributed by atoms with Gasteiger partial charge in [-0.15, -0.1) is 0 Å². The van der Waals surface area contributed by atoms with Crippen LogP contribution in [0.4, 0.5) is 4.79 Å². The Balaban J connectivity index is 1.76. The smallest absolute Gasteiger partial charge is 0.315 e. The van der Waals surface area contributed by atoms with Crippen molar-refractivity contribution in [3.05, 3.63) is 59.7 Å². The Labute approximate surface area is 154 Å². The van der Waals surface area contributed by atoms with Gasteiger partial charge in [-0.2, -0.15) is 0 Å². The molecule has 3 N–H and O–H groups in total. The van der Waals surface area contributed by atoms with Crippen molar-refractivity contribution in [2.45, 2.75) is 25.5 Å². The molecule has 0 spiro atoms. The predicted molar refractivity (Wildman–Crippen MR) is 101 cm³/mol. The summed E-state index contributed by atoms with van der Waals surface area (Å²) in [6.45, 7) is 2.24. The fourth-order valence-corrected chi connectivity index (χ4v) is 2.50. The molecule has 0 aliphatic carbocycles. The normalized spacial score (nSPS) is 12.8. The van der Waals surface area contributed by atoms with Crippen molar-refractivity contribution >= 4 is 6.03 Å². The molecular formula is C20H26N2O4. The summed E-state index contributed by atoms with van der Waals surface area (Å²) in [6.07, 6.45) is 0.426. The number of aliphatic hydroxyl groups is 1. The molecule has 0 heterocycles. The molecule has 0 aromatic heterocycles. The third kappa shape index (κ3) is 6.29. The minimum atomic E-state index is -1.05. The highest BCUT2D eigenvalue weighted by atomic mass is 16.5. The van der Waals surface area contributed by atoms with E-state index in [9.17, 15) is 9.90 Å². The summed E-state index contributed by atoms with van der Waals surface area (Å²) in [5.74, 6) is 1.54. The molecule has 0 radical (unpaired) electrons. The van der Waals surface area contributed by atoms with Gasteiger partial charge < -0.3 is 25.2 Å². The Morgan fingerprint density at radius 1 is 0.923 bits per heavy atom. The number of benzene rings is 2. The number of urea groups is 1. The molecule has 1 atom stereocenters. The second-order valence-electron chi connectivity index (χ2n) is 6.41. The Morgan fingerprint density at radius 3 is 1.92 bits per heavy atom. The molecule has 6 nitrogen and oxygen atoms in total. The van der Waals surface area contributed by atoms with E-state index in [0.717, 1.165) is 22.6 Å². The van der Waals surface area contributed by atoms with Crippen LogP contribution in [0.3, 0.4) is 0 Å². The zero-order valence-corrected chi connectivity index (χ0v) is 15.4. The van der Waals surface area contributed by atoms with Crippen molar-refractivity contribution in [1.82, 2.24) is 10.6 Å². The van der Waals surface area contributed by atoms with Gasteiger partial charge in [0.15, 0.2) is 0 Å². The summed E-state index contributed by atoms with van der Waals surface area (Å²) in [4.78, 5) is 11.9. The maximum Gasteiger partial charge on any atom is 0.315 e. The van der Waals surface area contributed by atoms with Crippen LogP contribution in [0.2, 0.25) is 0 Å². The van der Waals surface area contributed by atoms with Gasteiger partial charge in [-0.05, 0) is 42.3 Å². The first-order valence-corrected chi connectivity index (χ1v) is 8.42. The molecular weight excluding hydrogens is 332 g/mol. The highest BCUT2D eigenvalue weighted by Crippen LogP contribution is 2.16. The van der Waals surface area contributed by atoms with E-state index in [-0.39, 0.29) is 12.6 Å². The number of ether oxygens (including phenoxy) is 2. The maximum atomic E-state index is 11.9. The average Bonchev–Trinajstić information content (AvgIpc) is 2.65. The number of carbonyl (C=O) groups is 1. The Kier molecular flexibility index (Phi) is 6.86. The van der Waals surface area contributed by atoms with Gasteiger partial charge in [-0.3, -0.25) is 0 Å². The van der Waals surface area contributed by atoms with Crippen molar-refractivity contribution in [1.29, 1.82) is 0 Å². The summed E-state index contributed by atoms with van der Waals surface area (Å²) in [7, 11) is 3.22. The largest absolute Gasteiger partial charge is 0.497 e. The zero-order valence-electron chi connectivity index (χ0n) is 15.4. The minimum absolute atomic E-state index is 0.146. The third-order valence-corrected chi connectivity index (χ3v) is 3.99. The quantitative estimate of drug-likeness (QED) is 0.677. The molecule has 2 aromatic carbocycles. The number of hydrogen-bond acceptors (Lipinski definition) is 4. The lowest BCUT2D eigenvalue weighted by molar-refractivity contribution is 0.0624. The fraction of sp³-hybridized carbons (Fsp3) is 0.350. The van der Waals surface area contributed by atoms with Crippen LogP contribution in [0, 0.1) is 0 Å². The van der Waals surface area contributed by atoms with Crippen LogP contribution in [-0.2, 0) is 13.0 Å². The molecule has 0 aliphatic rings. The topological polar surface area (TPSA) is 79.8 Å². The first-order valence-electron chi connectivity index (χ1n) is 8.42. The molecule has 2 amide bonds. The monoisotopic (exact) mass is 358 g/mol. The summed E-state index contributed by atoms with van der Waals surface area (Å²) >= 11 is 0. The summed E-state index contributed by atoms with van der Waals surface area (Å²) in [5.41, 5.74) is 0.883. The number of amides is 2. The van der Waals surface area contributed by atoms with Crippen LogP contribution in [0.1, 0.15) is 18.1 Å². The number of nitrogens with one attached hydrogen (secondary N) is 2. The van der Waals surface area contributed by atoms with E-state index >= 15 is 0 Å². The van der Waals surface area contributed by atoms with Crippen LogP contribution >= 0.6 is 0 Å². The van der Waals surface area contributed by atoms with Crippen molar-refractivity contribution < 1.29 is 19.4 Å². The van der Waals surface area contributed by atoms with Gasteiger partial charge in [0.05, 0.1) is 19.8 Å². The number of methoxy groups -OCH3 is 2. The second kappa shape index (κ2) is 9.10. The number of carbonyl (C=O) groups excluding carboxylic acids is 1. The van der Waals surface area contributed by atoms with Crippen molar-refractivity contribution in [2.75, 3.05) is 20.8 Å². The molecule has 140 valence electrons. The molecule has 6 heteroatoms. The van der Waals surface area contributed by atoms with Gasteiger partial charge in [0.25, 0.3) is 0 Å². The third-order valence-electron chi connectivity index (χ3n) is 3.99. The lowest BCUT2D eigenvalue weighted by atomic mass is 9.96. The SMILES string of the molecule is COc1ccc(CNC(=O)NCC(C)(O)Cc2ccc(OC)cc2)cc1. The minimum Gasteiger partial charge on any atom is -0.497 e. The predicted octanol–water partition coefficient (Wildman–Crippen LogP) is 2.50. The van der Waals surface area contributed by atoms with Gasteiger partial charge in [-0.25, -0.2) is 4.79 Å². The van der Waals surface area contributed by atoms with Gasteiger partial charge in [0, 0.05) is 19.5 Å². The highest BCUT2D eigenvalue weighted by molar-refractivity contribution is 5.73. The van der Waals surface area contributed by atoms with Gasteiger partial charge in [-0.1, -0.05) is 24.3 Å². The molecule has 0 fully saturated rings. The van der Waals surface area contributed by atoms with E-state index < -0.39 is 5.60 Å². The van der Waals surface area contributed by atoms with Crippen LogP contribution in [0.25, 0.3) is 0 Å². The average molecular weight is 358 g/mol. The molecule has 0 saturated heterocycles. The zero-order chi connectivity index (χ0) is 19.0. The van der Waals surface area contributed by atoms with Gasteiger partial charge in [0.2, 0.25) is 0 Å². The highest BCUT2D eigenvalue weighted by Gasteiger charge is 2.21. The lowest BCUT2D eigenvalue weighted by Gasteiger charge is -2.24.